The monoisotopic (exact) mass is 512 g/mol. The van der Waals surface area contributed by atoms with E-state index < -0.39 is 5.60 Å². The SMILES string of the molecule is CCn1c(C)c(/C(=C/C2(c3ccc(N(C)C)cc3)OC(=O)c3ccccc32)c2ccccc2)c2ccccc21. The molecule has 1 aliphatic heterocycles. The molecule has 0 saturated heterocycles. The summed E-state index contributed by atoms with van der Waals surface area (Å²) >= 11 is 0. The Balaban J connectivity index is 1.71. The predicted molar refractivity (Wildman–Crippen MR) is 159 cm³/mol. The van der Waals surface area contributed by atoms with Gasteiger partial charge in [-0.25, -0.2) is 4.79 Å². The summed E-state index contributed by atoms with van der Waals surface area (Å²) in [5.74, 6) is -0.307. The van der Waals surface area contributed by atoms with Gasteiger partial charge in [0.2, 0.25) is 0 Å². The molecule has 4 heteroatoms. The van der Waals surface area contributed by atoms with Gasteiger partial charge in [-0.15, -0.1) is 0 Å². The van der Waals surface area contributed by atoms with E-state index in [4.69, 9.17) is 4.74 Å². The van der Waals surface area contributed by atoms with Crippen LogP contribution in [0, 0.1) is 6.92 Å². The minimum atomic E-state index is -1.08. The first-order valence-corrected chi connectivity index (χ1v) is 13.4. The van der Waals surface area contributed by atoms with Crippen molar-refractivity contribution >= 4 is 28.1 Å². The van der Waals surface area contributed by atoms with Gasteiger partial charge in [0.15, 0.2) is 5.60 Å². The number of rotatable bonds is 6. The van der Waals surface area contributed by atoms with E-state index in [0.29, 0.717) is 5.56 Å². The van der Waals surface area contributed by atoms with Crippen molar-refractivity contribution in [3.63, 3.8) is 0 Å². The first-order valence-electron chi connectivity index (χ1n) is 13.4. The highest BCUT2D eigenvalue weighted by molar-refractivity contribution is 6.01. The molecule has 2 heterocycles. The minimum Gasteiger partial charge on any atom is -0.441 e. The largest absolute Gasteiger partial charge is 0.441 e. The number of aromatic nitrogens is 1. The van der Waals surface area contributed by atoms with Crippen LogP contribution in [0.5, 0.6) is 0 Å². The average molecular weight is 513 g/mol. The first kappa shape index (κ1) is 24.7. The molecule has 0 amide bonds. The number of cyclic esters (lactones) is 1. The molecule has 0 bridgehead atoms. The van der Waals surface area contributed by atoms with Crippen LogP contribution in [0.3, 0.4) is 0 Å². The molecular weight excluding hydrogens is 480 g/mol. The number of hydrogen-bond donors (Lipinski definition) is 0. The van der Waals surface area contributed by atoms with Crippen molar-refractivity contribution in [1.29, 1.82) is 0 Å². The van der Waals surface area contributed by atoms with Gasteiger partial charge in [-0.2, -0.15) is 0 Å². The quantitative estimate of drug-likeness (QED) is 0.220. The Hall–Kier alpha value is -4.57. The van der Waals surface area contributed by atoms with Gasteiger partial charge in [-0.05, 0) is 55.3 Å². The maximum absolute atomic E-state index is 13.4. The van der Waals surface area contributed by atoms with Gasteiger partial charge in [0.25, 0.3) is 0 Å². The summed E-state index contributed by atoms with van der Waals surface area (Å²) in [6.07, 6.45) is 2.17. The number of hydrogen-bond acceptors (Lipinski definition) is 3. The van der Waals surface area contributed by atoms with Crippen LogP contribution in [0.15, 0.2) is 109 Å². The molecule has 0 radical (unpaired) electrons. The third-order valence-electron chi connectivity index (χ3n) is 7.86. The Bertz CT molecular complexity index is 1710. The Kier molecular flexibility index (Phi) is 6.11. The number of ether oxygens (including phenoxy) is 1. The lowest BCUT2D eigenvalue weighted by atomic mass is 9.81. The van der Waals surface area contributed by atoms with E-state index in [1.807, 2.05) is 44.4 Å². The van der Waals surface area contributed by atoms with Crippen molar-refractivity contribution in [3.05, 3.63) is 143 Å². The maximum Gasteiger partial charge on any atom is 0.340 e. The molecule has 1 atom stereocenters. The summed E-state index contributed by atoms with van der Waals surface area (Å²) in [7, 11) is 4.05. The molecule has 1 unspecified atom stereocenters. The summed E-state index contributed by atoms with van der Waals surface area (Å²) in [5, 5.41) is 1.18. The second kappa shape index (κ2) is 9.63. The highest BCUT2D eigenvalue weighted by Crippen LogP contribution is 2.47. The number of carbonyl (C=O) groups is 1. The summed E-state index contributed by atoms with van der Waals surface area (Å²) < 4.78 is 8.78. The molecule has 39 heavy (non-hydrogen) atoms. The van der Waals surface area contributed by atoms with E-state index in [0.717, 1.165) is 40.1 Å². The van der Waals surface area contributed by atoms with Gasteiger partial charge in [-0.3, -0.25) is 0 Å². The summed E-state index contributed by atoms with van der Waals surface area (Å²) in [6, 6.07) is 35.0. The second-order valence-corrected chi connectivity index (χ2v) is 10.3. The van der Waals surface area contributed by atoms with Gasteiger partial charge in [0.1, 0.15) is 0 Å². The topological polar surface area (TPSA) is 34.5 Å². The van der Waals surface area contributed by atoms with Crippen molar-refractivity contribution in [2.45, 2.75) is 26.0 Å². The van der Waals surface area contributed by atoms with Gasteiger partial charge in [-0.1, -0.05) is 78.9 Å². The molecule has 1 aromatic heterocycles. The first-order chi connectivity index (χ1) is 18.9. The fourth-order valence-electron chi connectivity index (χ4n) is 5.95. The molecule has 0 aliphatic carbocycles. The van der Waals surface area contributed by atoms with Crippen molar-refractivity contribution in [2.24, 2.45) is 0 Å². The maximum atomic E-state index is 13.4. The number of aryl methyl sites for hydroxylation is 1. The summed E-state index contributed by atoms with van der Waals surface area (Å²) in [6.45, 7) is 5.23. The minimum absolute atomic E-state index is 0.307. The lowest BCUT2D eigenvalue weighted by Gasteiger charge is -2.29. The third kappa shape index (κ3) is 3.95. The van der Waals surface area contributed by atoms with E-state index in [-0.39, 0.29) is 5.97 Å². The highest BCUT2D eigenvalue weighted by Gasteiger charge is 2.46. The van der Waals surface area contributed by atoms with E-state index in [1.165, 1.54) is 16.6 Å². The van der Waals surface area contributed by atoms with Crippen LogP contribution in [0.4, 0.5) is 5.69 Å². The molecule has 1 aliphatic rings. The fourth-order valence-corrected chi connectivity index (χ4v) is 5.95. The summed E-state index contributed by atoms with van der Waals surface area (Å²) in [4.78, 5) is 15.4. The van der Waals surface area contributed by atoms with Crippen LogP contribution in [0.25, 0.3) is 16.5 Å². The molecule has 5 aromatic rings. The zero-order chi connectivity index (χ0) is 27.1. The normalized spacial score (nSPS) is 16.8. The molecule has 0 N–H and O–H groups in total. The van der Waals surface area contributed by atoms with E-state index in [1.54, 1.807) is 0 Å². The van der Waals surface area contributed by atoms with Gasteiger partial charge < -0.3 is 14.2 Å². The molecule has 194 valence electrons. The van der Waals surface area contributed by atoms with Crippen LogP contribution in [0.1, 0.15) is 45.2 Å². The van der Waals surface area contributed by atoms with Crippen molar-refractivity contribution in [1.82, 2.24) is 4.57 Å². The Labute approximate surface area is 229 Å². The molecule has 0 saturated carbocycles. The lowest BCUT2D eigenvalue weighted by molar-refractivity contribution is 0.0276. The Morgan fingerprint density at radius 1 is 0.872 bits per heavy atom. The Morgan fingerprint density at radius 2 is 1.54 bits per heavy atom. The van der Waals surface area contributed by atoms with Gasteiger partial charge >= 0.3 is 5.97 Å². The molecule has 0 fully saturated rings. The Morgan fingerprint density at radius 3 is 2.26 bits per heavy atom. The van der Waals surface area contributed by atoms with Crippen molar-refractivity contribution < 1.29 is 9.53 Å². The van der Waals surface area contributed by atoms with Crippen molar-refractivity contribution in [2.75, 3.05) is 19.0 Å². The number of nitrogens with zero attached hydrogens (tertiary/aromatic N) is 2. The predicted octanol–water partition coefficient (Wildman–Crippen LogP) is 7.58. The number of anilines is 1. The number of benzene rings is 4. The molecule has 4 nitrogen and oxygen atoms in total. The van der Waals surface area contributed by atoms with Crippen LogP contribution in [-0.4, -0.2) is 24.6 Å². The average Bonchev–Trinajstić information content (AvgIpc) is 3.42. The van der Waals surface area contributed by atoms with Crippen LogP contribution < -0.4 is 4.90 Å². The fraction of sp³-hybridized carbons (Fsp3) is 0.171. The molecule has 6 rings (SSSR count). The van der Waals surface area contributed by atoms with Crippen LogP contribution >= 0.6 is 0 Å². The van der Waals surface area contributed by atoms with E-state index in [2.05, 4.69) is 102 Å². The number of para-hydroxylation sites is 1. The van der Waals surface area contributed by atoms with E-state index >= 15 is 0 Å². The van der Waals surface area contributed by atoms with Crippen LogP contribution in [-0.2, 0) is 16.9 Å². The molecular formula is C35H32N2O2. The second-order valence-electron chi connectivity index (χ2n) is 10.3. The number of fused-ring (bicyclic) bond motifs is 2. The third-order valence-corrected chi connectivity index (χ3v) is 7.86. The van der Waals surface area contributed by atoms with Crippen molar-refractivity contribution in [3.8, 4) is 0 Å². The van der Waals surface area contributed by atoms with Gasteiger partial charge in [0, 0.05) is 59.6 Å². The molecule has 0 spiro atoms. The zero-order valence-electron chi connectivity index (χ0n) is 22.8. The smallest absolute Gasteiger partial charge is 0.340 e. The lowest BCUT2D eigenvalue weighted by Crippen LogP contribution is -2.26. The van der Waals surface area contributed by atoms with Crippen LogP contribution in [0.2, 0.25) is 0 Å². The van der Waals surface area contributed by atoms with Gasteiger partial charge in [0.05, 0.1) is 5.56 Å². The molecule has 4 aromatic carbocycles. The number of esters is 1. The standard InChI is InChI=1S/C35H32N2O2/c1-5-37-24(2)33(29-16-10-12-18-32(29)37)30(25-13-7-6-8-14-25)23-35(26-19-21-27(22-20-26)36(3)4)31-17-11-9-15-28(31)34(38)39-35/h6-23H,5H2,1-4H3/b30-23+. The highest BCUT2D eigenvalue weighted by atomic mass is 16.6. The zero-order valence-corrected chi connectivity index (χ0v) is 22.8. The summed E-state index contributed by atoms with van der Waals surface area (Å²) in [5.41, 5.74) is 8.03. The van der Waals surface area contributed by atoms with E-state index in [9.17, 15) is 4.79 Å². The number of carbonyl (C=O) groups excluding carboxylic acids is 1.